The molecule has 0 spiro atoms. The summed E-state index contributed by atoms with van der Waals surface area (Å²) in [5.41, 5.74) is 2.22. The minimum Gasteiger partial charge on any atom is -0.376 e. The molecule has 0 bridgehead atoms. The molecule has 0 radical (unpaired) electrons. The van der Waals surface area contributed by atoms with Crippen molar-refractivity contribution in [1.29, 1.82) is 0 Å². The first kappa shape index (κ1) is 17.0. The highest BCUT2D eigenvalue weighted by molar-refractivity contribution is 7.13. The molecule has 26 heavy (non-hydrogen) atoms. The van der Waals surface area contributed by atoms with Crippen LogP contribution in [0.1, 0.15) is 30.1 Å². The van der Waals surface area contributed by atoms with Crippen LogP contribution in [0.4, 0.5) is 0 Å². The molecule has 4 rings (SSSR count). The van der Waals surface area contributed by atoms with E-state index in [2.05, 4.69) is 10.4 Å². The standard InChI is InChI=1S/C20H21N3O2S/c1-14(17-9-5-11-25-17)21-20(24)16-13-23(15-7-3-2-4-8-15)22-19(16)18-10-6-12-26-18/h2-4,6-8,10,12-14,17H,5,9,11H2,1H3,(H,21,24). The summed E-state index contributed by atoms with van der Waals surface area (Å²) >= 11 is 1.58. The Hall–Kier alpha value is -2.44. The Bertz CT molecular complexity index is 868. The van der Waals surface area contributed by atoms with Crippen LogP contribution in [0.15, 0.2) is 54.0 Å². The second kappa shape index (κ2) is 7.43. The smallest absolute Gasteiger partial charge is 0.255 e. The van der Waals surface area contributed by atoms with Crippen molar-refractivity contribution in [2.45, 2.75) is 31.9 Å². The Balaban J connectivity index is 1.65. The number of carbonyl (C=O) groups excluding carboxylic acids is 1. The molecule has 1 aliphatic rings. The molecule has 0 saturated carbocycles. The molecule has 1 N–H and O–H groups in total. The molecule has 1 aromatic carbocycles. The van der Waals surface area contributed by atoms with Crippen molar-refractivity contribution >= 4 is 17.2 Å². The third kappa shape index (κ3) is 3.43. The second-order valence-electron chi connectivity index (χ2n) is 6.46. The number of para-hydroxylation sites is 1. The summed E-state index contributed by atoms with van der Waals surface area (Å²) in [6, 6.07) is 13.8. The van der Waals surface area contributed by atoms with Gasteiger partial charge in [-0.25, -0.2) is 4.68 Å². The van der Waals surface area contributed by atoms with Crippen molar-refractivity contribution in [3.8, 4) is 16.3 Å². The third-order valence-electron chi connectivity index (χ3n) is 4.62. The number of benzene rings is 1. The van der Waals surface area contributed by atoms with Crippen molar-refractivity contribution < 1.29 is 9.53 Å². The number of thiophene rings is 1. The monoisotopic (exact) mass is 367 g/mol. The second-order valence-corrected chi connectivity index (χ2v) is 7.41. The molecule has 2 aromatic heterocycles. The molecule has 3 aromatic rings. The third-order valence-corrected chi connectivity index (χ3v) is 5.49. The first-order valence-corrected chi connectivity index (χ1v) is 9.72. The molecule has 5 nitrogen and oxygen atoms in total. The summed E-state index contributed by atoms with van der Waals surface area (Å²) in [5.74, 6) is -0.112. The lowest BCUT2D eigenvalue weighted by Gasteiger charge is -2.19. The van der Waals surface area contributed by atoms with Gasteiger partial charge in [0.1, 0.15) is 5.69 Å². The zero-order valence-electron chi connectivity index (χ0n) is 14.6. The lowest BCUT2D eigenvalue weighted by atomic mass is 10.1. The molecule has 2 atom stereocenters. The van der Waals surface area contributed by atoms with Gasteiger partial charge in [0.2, 0.25) is 0 Å². The normalized spacial score (nSPS) is 18.0. The molecule has 1 fully saturated rings. The number of amides is 1. The van der Waals surface area contributed by atoms with Gasteiger partial charge in [-0.1, -0.05) is 24.3 Å². The molecular formula is C20H21N3O2S. The average Bonchev–Trinajstić information content (AvgIpc) is 3.43. The molecule has 1 amide bonds. The van der Waals surface area contributed by atoms with E-state index in [0.29, 0.717) is 11.3 Å². The maximum absolute atomic E-state index is 13.0. The maximum atomic E-state index is 13.0. The van der Waals surface area contributed by atoms with Gasteiger partial charge < -0.3 is 10.1 Å². The molecule has 1 aliphatic heterocycles. The van der Waals surface area contributed by atoms with Gasteiger partial charge in [-0.05, 0) is 43.3 Å². The van der Waals surface area contributed by atoms with Gasteiger partial charge >= 0.3 is 0 Å². The lowest BCUT2D eigenvalue weighted by molar-refractivity contribution is 0.0712. The van der Waals surface area contributed by atoms with E-state index < -0.39 is 0 Å². The minimum absolute atomic E-state index is 0.0266. The lowest BCUT2D eigenvalue weighted by Crippen LogP contribution is -2.40. The van der Waals surface area contributed by atoms with Crippen LogP contribution >= 0.6 is 11.3 Å². The molecule has 2 unspecified atom stereocenters. The fraction of sp³-hybridized carbons (Fsp3) is 0.300. The van der Waals surface area contributed by atoms with Crippen LogP contribution in [0.3, 0.4) is 0 Å². The highest BCUT2D eigenvalue weighted by Crippen LogP contribution is 2.28. The predicted octanol–water partition coefficient (Wildman–Crippen LogP) is 3.90. The zero-order chi connectivity index (χ0) is 17.9. The van der Waals surface area contributed by atoms with Crippen molar-refractivity contribution in [3.63, 3.8) is 0 Å². The summed E-state index contributed by atoms with van der Waals surface area (Å²) in [4.78, 5) is 13.9. The Morgan fingerprint density at radius 3 is 2.85 bits per heavy atom. The van der Waals surface area contributed by atoms with E-state index in [4.69, 9.17) is 4.74 Å². The summed E-state index contributed by atoms with van der Waals surface area (Å²) < 4.78 is 7.46. The molecule has 6 heteroatoms. The Morgan fingerprint density at radius 2 is 2.15 bits per heavy atom. The first-order valence-electron chi connectivity index (χ1n) is 8.84. The van der Waals surface area contributed by atoms with Gasteiger partial charge in [0.15, 0.2) is 0 Å². The number of rotatable bonds is 5. The molecular weight excluding hydrogens is 346 g/mol. The number of nitrogens with zero attached hydrogens (tertiary/aromatic N) is 2. The topological polar surface area (TPSA) is 56.2 Å². The Kier molecular flexibility index (Phi) is 4.86. The summed E-state index contributed by atoms with van der Waals surface area (Å²) in [7, 11) is 0. The Labute approximate surface area is 156 Å². The number of nitrogens with one attached hydrogen (secondary N) is 1. The quantitative estimate of drug-likeness (QED) is 0.744. The molecule has 1 saturated heterocycles. The van der Waals surface area contributed by atoms with Gasteiger partial charge in [-0.3, -0.25) is 4.79 Å². The van der Waals surface area contributed by atoms with Crippen LogP contribution in [0.5, 0.6) is 0 Å². The van der Waals surface area contributed by atoms with Gasteiger partial charge in [-0.15, -0.1) is 11.3 Å². The van der Waals surface area contributed by atoms with Gasteiger partial charge in [0.25, 0.3) is 5.91 Å². The van der Waals surface area contributed by atoms with Crippen molar-refractivity contribution in [2.75, 3.05) is 6.61 Å². The fourth-order valence-electron chi connectivity index (χ4n) is 3.22. The maximum Gasteiger partial charge on any atom is 0.255 e. The van der Waals surface area contributed by atoms with E-state index in [1.54, 1.807) is 16.0 Å². The molecule has 134 valence electrons. The van der Waals surface area contributed by atoms with Crippen molar-refractivity contribution in [2.24, 2.45) is 0 Å². The van der Waals surface area contributed by atoms with Gasteiger partial charge in [0.05, 0.1) is 28.3 Å². The summed E-state index contributed by atoms with van der Waals surface area (Å²) in [5, 5.41) is 9.77. The first-order chi connectivity index (χ1) is 12.7. The number of aromatic nitrogens is 2. The number of hydrogen-bond acceptors (Lipinski definition) is 4. The highest BCUT2D eigenvalue weighted by Gasteiger charge is 2.26. The van der Waals surface area contributed by atoms with E-state index in [9.17, 15) is 4.79 Å². The van der Waals surface area contributed by atoms with E-state index in [1.165, 1.54) is 0 Å². The van der Waals surface area contributed by atoms with Crippen molar-refractivity contribution in [3.05, 3.63) is 59.6 Å². The van der Waals surface area contributed by atoms with Crippen LogP contribution < -0.4 is 5.32 Å². The van der Waals surface area contributed by atoms with Gasteiger partial charge in [-0.2, -0.15) is 5.10 Å². The summed E-state index contributed by atoms with van der Waals surface area (Å²) in [6.45, 7) is 2.78. The zero-order valence-corrected chi connectivity index (χ0v) is 15.4. The highest BCUT2D eigenvalue weighted by atomic mass is 32.1. The largest absolute Gasteiger partial charge is 0.376 e. The van der Waals surface area contributed by atoms with Crippen LogP contribution in [-0.4, -0.2) is 34.4 Å². The predicted molar refractivity (Wildman–Crippen MR) is 103 cm³/mol. The van der Waals surface area contributed by atoms with Crippen LogP contribution in [-0.2, 0) is 4.74 Å². The van der Waals surface area contributed by atoms with Crippen LogP contribution in [0, 0.1) is 0 Å². The summed E-state index contributed by atoms with van der Waals surface area (Å²) in [6.07, 6.45) is 3.94. The van der Waals surface area contributed by atoms with Crippen LogP contribution in [0.25, 0.3) is 16.3 Å². The van der Waals surface area contributed by atoms with E-state index in [-0.39, 0.29) is 18.1 Å². The number of carbonyl (C=O) groups is 1. The Morgan fingerprint density at radius 1 is 1.31 bits per heavy atom. The van der Waals surface area contributed by atoms with Gasteiger partial charge in [0, 0.05) is 12.8 Å². The average molecular weight is 367 g/mol. The van der Waals surface area contributed by atoms with E-state index in [1.807, 2.05) is 61.0 Å². The number of hydrogen-bond donors (Lipinski definition) is 1. The fourth-order valence-corrected chi connectivity index (χ4v) is 3.95. The number of ether oxygens (including phenoxy) is 1. The van der Waals surface area contributed by atoms with E-state index in [0.717, 1.165) is 30.0 Å². The minimum atomic E-state index is -0.112. The SMILES string of the molecule is CC(NC(=O)c1cn(-c2ccccc2)nc1-c1cccs1)C1CCCO1. The van der Waals surface area contributed by atoms with Crippen molar-refractivity contribution in [1.82, 2.24) is 15.1 Å². The van der Waals surface area contributed by atoms with Crippen LogP contribution in [0.2, 0.25) is 0 Å². The van der Waals surface area contributed by atoms with E-state index >= 15 is 0 Å². The molecule has 3 heterocycles. The molecule has 0 aliphatic carbocycles.